The van der Waals surface area contributed by atoms with E-state index < -0.39 is 5.97 Å². The number of hydrogen-bond donors (Lipinski definition) is 0. The predicted molar refractivity (Wildman–Crippen MR) is 85.6 cm³/mol. The highest BCUT2D eigenvalue weighted by Crippen LogP contribution is 2.39. The molecule has 0 heterocycles. The molecule has 0 aliphatic heterocycles. The second-order valence-electron chi connectivity index (χ2n) is 4.19. The minimum atomic E-state index is -0.408. The average Bonchev–Trinajstić information content (AvgIpc) is 2.50. The van der Waals surface area contributed by atoms with Gasteiger partial charge in [-0.2, -0.15) is 0 Å². The molecule has 0 fully saturated rings. The van der Waals surface area contributed by atoms with Gasteiger partial charge in [0.25, 0.3) is 0 Å². The first-order valence-corrected chi connectivity index (χ1v) is 7.58. The first kappa shape index (κ1) is 17.9. The Bertz CT molecular complexity index is 508. The SMILES string of the molecule is CCOC(=O)C=Cc1c(OCC)ccc(OCC)c1OCC. The highest BCUT2D eigenvalue weighted by molar-refractivity contribution is 5.88. The molecular formula is C17H24O5. The van der Waals surface area contributed by atoms with Crippen molar-refractivity contribution in [3.63, 3.8) is 0 Å². The van der Waals surface area contributed by atoms with Crippen LogP contribution >= 0.6 is 0 Å². The van der Waals surface area contributed by atoms with E-state index in [9.17, 15) is 4.79 Å². The number of carbonyl (C=O) groups excluding carboxylic acids is 1. The molecule has 5 heteroatoms. The highest BCUT2D eigenvalue weighted by atomic mass is 16.5. The fraction of sp³-hybridized carbons (Fsp3) is 0.471. The summed E-state index contributed by atoms with van der Waals surface area (Å²) in [6.07, 6.45) is 3.00. The number of benzene rings is 1. The summed E-state index contributed by atoms with van der Waals surface area (Å²) in [4.78, 5) is 11.5. The van der Waals surface area contributed by atoms with Gasteiger partial charge in [0, 0.05) is 6.08 Å². The molecule has 0 aliphatic rings. The zero-order chi connectivity index (χ0) is 16.4. The van der Waals surface area contributed by atoms with Crippen LogP contribution in [0.25, 0.3) is 6.08 Å². The lowest BCUT2D eigenvalue weighted by Gasteiger charge is -2.16. The fourth-order valence-electron chi connectivity index (χ4n) is 1.90. The van der Waals surface area contributed by atoms with Crippen molar-refractivity contribution in [1.82, 2.24) is 0 Å². The molecule has 0 spiro atoms. The number of carbonyl (C=O) groups is 1. The Morgan fingerprint density at radius 1 is 0.909 bits per heavy atom. The van der Waals surface area contributed by atoms with Crippen molar-refractivity contribution in [3.8, 4) is 17.2 Å². The van der Waals surface area contributed by atoms with E-state index in [1.165, 1.54) is 6.08 Å². The third kappa shape index (κ3) is 4.98. The van der Waals surface area contributed by atoms with Crippen LogP contribution in [0, 0.1) is 0 Å². The van der Waals surface area contributed by atoms with Gasteiger partial charge in [0.05, 0.1) is 32.0 Å². The maximum Gasteiger partial charge on any atom is 0.330 e. The Balaban J connectivity index is 3.26. The zero-order valence-corrected chi connectivity index (χ0v) is 13.7. The van der Waals surface area contributed by atoms with Gasteiger partial charge in [-0.1, -0.05) is 0 Å². The van der Waals surface area contributed by atoms with Crippen molar-refractivity contribution in [2.45, 2.75) is 27.7 Å². The number of esters is 1. The molecule has 0 aromatic heterocycles. The molecule has 0 bridgehead atoms. The second-order valence-corrected chi connectivity index (χ2v) is 4.19. The Morgan fingerprint density at radius 3 is 2.09 bits per heavy atom. The maximum atomic E-state index is 11.5. The summed E-state index contributed by atoms with van der Waals surface area (Å²) in [5, 5.41) is 0. The number of ether oxygens (including phenoxy) is 4. The van der Waals surface area contributed by atoms with Gasteiger partial charge in [0.15, 0.2) is 11.5 Å². The van der Waals surface area contributed by atoms with Gasteiger partial charge in [-0.3, -0.25) is 0 Å². The fourth-order valence-corrected chi connectivity index (χ4v) is 1.90. The molecule has 22 heavy (non-hydrogen) atoms. The van der Waals surface area contributed by atoms with Gasteiger partial charge in [0.2, 0.25) is 0 Å². The molecule has 122 valence electrons. The molecular weight excluding hydrogens is 284 g/mol. The highest BCUT2D eigenvalue weighted by Gasteiger charge is 2.15. The molecule has 0 radical (unpaired) electrons. The van der Waals surface area contributed by atoms with E-state index >= 15 is 0 Å². The molecule has 5 nitrogen and oxygen atoms in total. The van der Waals surface area contributed by atoms with Gasteiger partial charge in [-0.25, -0.2) is 4.79 Å². The summed E-state index contributed by atoms with van der Waals surface area (Å²) in [6.45, 7) is 9.31. The predicted octanol–water partition coefficient (Wildman–Crippen LogP) is 3.46. The van der Waals surface area contributed by atoms with Crippen molar-refractivity contribution in [1.29, 1.82) is 0 Å². The maximum absolute atomic E-state index is 11.5. The molecule has 0 atom stereocenters. The Labute approximate surface area is 131 Å². The van der Waals surface area contributed by atoms with E-state index in [1.807, 2.05) is 26.8 Å². The van der Waals surface area contributed by atoms with E-state index in [-0.39, 0.29) is 0 Å². The third-order valence-corrected chi connectivity index (χ3v) is 2.68. The molecule has 1 aromatic rings. The second kappa shape index (κ2) is 9.71. The topological polar surface area (TPSA) is 54.0 Å². The Kier molecular flexibility index (Phi) is 7.89. The van der Waals surface area contributed by atoms with Gasteiger partial charge in [-0.05, 0) is 45.9 Å². The smallest absolute Gasteiger partial charge is 0.330 e. The standard InChI is InChI=1S/C17H24O5/c1-5-19-14-10-11-15(20-6-2)17(22-8-4)13(14)9-12-16(18)21-7-3/h9-12H,5-8H2,1-4H3. The van der Waals surface area contributed by atoms with E-state index in [0.29, 0.717) is 49.2 Å². The molecule has 0 amide bonds. The van der Waals surface area contributed by atoms with Gasteiger partial charge in [-0.15, -0.1) is 0 Å². The lowest BCUT2D eigenvalue weighted by molar-refractivity contribution is -0.137. The van der Waals surface area contributed by atoms with Crippen LogP contribution in [0.2, 0.25) is 0 Å². The first-order valence-electron chi connectivity index (χ1n) is 7.58. The summed E-state index contributed by atoms with van der Waals surface area (Å²) in [5.74, 6) is 1.41. The largest absolute Gasteiger partial charge is 0.493 e. The van der Waals surface area contributed by atoms with Gasteiger partial charge < -0.3 is 18.9 Å². The summed E-state index contributed by atoms with van der Waals surface area (Å²) in [6, 6.07) is 3.61. The van der Waals surface area contributed by atoms with Crippen LogP contribution in [0.5, 0.6) is 17.2 Å². The summed E-state index contributed by atoms with van der Waals surface area (Å²) in [7, 11) is 0. The summed E-state index contributed by atoms with van der Waals surface area (Å²) >= 11 is 0. The van der Waals surface area contributed by atoms with E-state index in [4.69, 9.17) is 18.9 Å². The van der Waals surface area contributed by atoms with E-state index in [2.05, 4.69) is 0 Å². The van der Waals surface area contributed by atoms with Crippen molar-refractivity contribution >= 4 is 12.0 Å². The van der Waals surface area contributed by atoms with Crippen LogP contribution in [-0.2, 0) is 9.53 Å². The molecule has 1 aromatic carbocycles. The van der Waals surface area contributed by atoms with Crippen LogP contribution in [0.15, 0.2) is 18.2 Å². The van der Waals surface area contributed by atoms with Crippen molar-refractivity contribution in [2.75, 3.05) is 26.4 Å². The average molecular weight is 308 g/mol. The minimum Gasteiger partial charge on any atom is -0.493 e. The normalized spacial score (nSPS) is 10.5. The molecule has 0 saturated carbocycles. The van der Waals surface area contributed by atoms with Crippen LogP contribution < -0.4 is 14.2 Å². The lowest BCUT2D eigenvalue weighted by Crippen LogP contribution is -2.03. The number of hydrogen-bond acceptors (Lipinski definition) is 5. The molecule has 1 rings (SSSR count). The summed E-state index contributed by atoms with van der Waals surface area (Å²) < 4.78 is 21.8. The van der Waals surface area contributed by atoms with Crippen molar-refractivity contribution < 1.29 is 23.7 Å². The van der Waals surface area contributed by atoms with E-state index in [1.54, 1.807) is 19.1 Å². The van der Waals surface area contributed by atoms with Crippen LogP contribution in [0.1, 0.15) is 33.3 Å². The first-order chi connectivity index (χ1) is 10.7. The molecule has 0 N–H and O–H groups in total. The Morgan fingerprint density at radius 2 is 1.50 bits per heavy atom. The van der Waals surface area contributed by atoms with Crippen LogP contribution in [0.4, 0.5) is 0 Å². The Hall–Kier alpha value is -2.17. The van der Waals surface area contributed by atoms with Crippen LogP contribution in [-0.4, -0.2) is 32.4 Å². The monoisotopic (exact) mass is 308 g/mol. The molecule has 0 unspecified atom stereocenters. The lowest BCUT2D eigenvalue weighted by atomic mass is 10.1. The minimum absolute atomic E-state index is 0.332. The van der Waals surface area contributed by atoms with Crippen LogP contribution in [0.3, 0.4) is 0 Å². The van der Waals surface area contributed by atoms with Crippen molar-refractivity contribution in [3.05, 3.63) is 23.8 Å². The van der Waals surface area contributed by atoms with Crippen molar-refractivity contribution in [2.24, 2.45) is 0 Å². The zero-order valence-electron chi connectivity index (χ0n) is 13.7. The van der Waals surface area contributed by atoms with Gasteiger partial charge in [0.1, 0.15) is 5.75 Å². The third-order valence-electron chi connectivity index (χ3n) is 2.68. The van der Waals surface area contributed by atoms with Gasteiger partial charge >= 0.3 is 5.97 Å². The quantitative estimate of drug-likeness (QED) is 0.516. The number of rotatable bonds is 9. The molecule has 0 saturated heterocycles. The molecule has 0 aliphatic carbocycles. The van der Waals surface area contributed by atoms with E-state index in [0.717, 1.165) is 0 Å². The summed E-state index contributed by atoms with van der Waals surface area (Å²) in [5.41, 5.74) is 0.669.